The van der Waals surface area contributed by atoms with Crippen LogP contribution in [0.15, 0.2) is 42.5 Å². The molecule has 1 atom stereocenters. The van der Waals surface area contributed by atoms with Gasteiger partial charge in [-0.25, -0.2) is 0 Å². The van der Waals surface area contributed by atoms with E-state index in [4.69, 9.17) is 16.3 Å². The Kier molecular flexibility index (Phi) is 6.71. The number of hydrogen-bond acceptors (Lipinski definition) is 4. The molecule has 0 heterocycles. The number of aliphatic hydroxyl groups excluding tert-OH is 1. The van der Waals surface area contributed by atoms with E-state index >= 15 is 0 Å². The molecule has 0 fully saturated rings. The van der Waals surface area contributed by atoms with Crippen molar-refractivity contribution in [2.45, 2.75) is 25.9 Å². The summed E-state index contributed by atoms with van der Waals surface area (Å²) in [5.41, 5.74) is 1.69. The molecule has 0 saturated carbocycles. The molecule has 0 aliphatic heterocycles. The number of phenolic OH excluding ortho intramolecular Hbond substituents is 1. The van der Waals surface area contributed by atoms with Gasteiger partial charge >= 0.3 is 0 Å². The Labute approximate surface area is 141 Å². The van der Waals surface area contributed by atoms with Gasteiger partial charge in [-0.1, -0.05) is 36.7 Å². The fraction of sp³-hybridized carbons (Fsp3) is 0.333. The zero-order valence-corrected chi connectivity index (χ0v) is 13.9. The first-order valence-corrected chi connectivity index (χ1v) is 8.06. The van der Waals surface area contributed by atoms with Crippen molar-refractivity contribution < 1.29 is 14.9 Å². The van der Waals surface area contributed by atoms with Gasteiger partial charge in [0.15, 0.2) is 0 Å². The minimum Gasteiger partial charge on any atom is -0.507 e. The number of rotatable bonds is 8. The molecule has 2 rings (SSSR count). The summed E-state index contributed by atoms with van der Waals surface area (Å²) in [6.45, 7) is 3.05. The maximum absolute atomic E-state index is 10.1. The second-order valence-electron chi connectivity index (χ2n) is 5.31. The van der Waals surface area contributed by atoms with Crippen molar-refractivity contribution in [2.24, 2.45) is 0 Å². The van der Waals surface area contributed by atoms with E-state index in [-0.39, 0.29) is 18.4 Å². The average molecular weight is 336 g/mol. The molecule has 0 bridgehead atoms. The fourth-order valence-corrected chi connectivity index (χ4v) is 2.34. The lowest BCUT2D eigenvalue weighted by Crippen LogP contribution is -2.24. The molecule has 0 spiro atoms. The summed E-state index contributed by atoms with van der Waals surface area (Å²) in [4.78, 5) is 0. The summed E-state index contributed by atoms with van der Waals surface area (Å²) < 4.78 is 5.49. The van der Waals surface area contributed by atoms with Crippen molar-refractivity contribution in [1.82, 2.24) is 5.32 Å². The minimum atomic E-state index is -0.220. The molecule has 4 nitrogen and oxygen atoms in total. The Morgan fingerprint density at radius 2 is 1.91 bits per heavy atom. The number of hydrogen-bond donors (Lipinski definition) is 3. The molecular formula is C18H22ClNO3. The monoisotopic (exact) mass is 335 g/mol. The third kappa shape index (κ3) is 5.13. The standard InChI is InChI=1S/C18H22ClNO3/c1-2-9-23-16-8-5-14(18(22)10-16)11-20-17(12-21)13-3-6-15(19)7-4-13/h3-8,10,17,20-22H,2,9,11-12H2,1H3. The van der Waals surface area contributed by atoms with E-state index < -0.39 is 0 Å². The molecule has 2 aromatic rings. The van der Waals surface area contributed by atoms with Gasteiger partial charge in [-0.3, -0.25) is 0 Å². The van der Waals surface area contributed by atoms with Crippen LogP contribution in [-0.2, 0) is 6.54 Å². The van der Waals surface area contributed by atoms with Gasteiger partial charge in [0.1, 0.15) is 11.5 Å². The van der Waals surface area contributed by atoms with E-state index in [0.29, 0.717) is 23.9 Å². The van der Waals surface area contributed by atoms with Gasteiger partial charge in [-0.2, -0.15) is 0 Å². The SMILES string of the molecule is CCCOc1ccc(CNC(CO)c2ccc(Cl)cc2)c(O)c1. The van der Waals surface area contributed by atoms with Crippen molar-refractivity contribution >= 4 is 11.6 Å². The first-order chi connectivity index (χ1) is 11.1. The van der Waals surface area contributed by atoms with Crippen LogP contribution in [0.2, 0.25) is 5.02 Å². The van der Waals surface area contributed by atoms with Crippen LogP contribution in [0.25, 0.3) is 0 Å². The highest BCUT2D eigenvalue weighted by molar-refractivity contribution is 6.30. The van der Waals surface area contributed by atoms with Gasteiger partial charge in [0, 0.05) is 23.2 Å². The molecule has 3 N–H and O–H groups in total. The number of ether oxygens (including phenoxy) is 1. The molecule has 0 aliphatic rings. The second-order valence-corrected chi connectivity index (χ2v) is 5.74. The van der Waals surface area contributed by atoms with E-state index in [2.05, 4.69) is 5.32 Å². The zero-order chi connectivity index (χ0) is 16.7. The number of phenols is 1. The third-order valence-corrected chi connectivity index (χ3v) is 3.78. The second kappa shape index (κ2) is 8.77. The van der Waals surface area contributed by atoms with Crippen LogP contribution in [0.4, 0.5) is 0 Å². The van der Waals surface area contributed by atoms with Crippen LogP contribution >= 0.6 is 11.6 Å². The Morgan fingerprint density at radius 3 is 2.52 bits per heavy atom. The summed E-state index contributed by atoms with van der Waals surface area (Å²) in [5, 5.41) is 23.5. The fourth-order valence-electron chi connectivity index (χ4n) is 2.22. The molecule has 1 unspecified atom stereocenters. The molecule has 124 valence electrons. The maximum atomic E-state index is 10.1. The third-order valence-electron chi connectivity index (χ3n) is 3.52. The van der Waals surface area contributed by atoms with Gasteiger partial charge < -0.3 is 20.3 Å². The molecule has 0 saturated heterocycles. The van der Waals surface area contributed by atoms with Crippen molar-refractivity contribution in [3.05, 3.63) is 58.6 Å². The van der Waals surface area contributed by atoms with Crippen LogP contribution < -0.4 is 10.1 Å². The molecule has 0 radical (unpaired) electrons. The van der Waals surface area contributed by atoms with Crippen LogP contribution in [-0.4, -0.2) is 23.4 Å². The number of nitrogens with one attached hydrogen (secondary N) is 1. The first-order valence-electron chi connectivity index (χ1n) is 7.68. The Hall–Kier alpha value is -1.75. The average Bonchev–Trinajstić information content (AvgIpc) is 2.56. The number of aliphatic hydroxyl groups is 1. The topological polar surface area (TPSA) is 61.7 Å². The van der Waals surface area contributed by atoms with Crippen molar-refractivity contribution in [2.75, 3.05) is 13.2 Å². The quantitative estimate of drug-likeness (QED) is 0.689. The minimum absolute atomic E-state index is 0.0416. The number of aromatic hydroxyl groups is 1. The largest absolute Gasteiger partial charge is 0.507 e. The summed E-state index contributed by atoms with van der Waals surface area (Å²) >= 11 is 5.88. The molecular weight excluding hydrogens is 314 g/mol. The van der Waals surface area contributed by atoms with Crippen molar-refractivity contribution in [1.29, 1.82) is 0 Å². The molecule has 0 aromatic heterocycles. The van der Waals surface area contributed by atoms with Gasteiger partial charge in [-0.15, -0.1) is 0 Å². The smallest absolute Gasteiger partial charge is 0.123 e. The van der Waals surface area contributed by atoms with Gasteiger partial charge in [-0.05, 0) is 30.2 Å². The van der Waals surface area contributed by atoms with E-state index in [1.165, 1.54) is 0 Å². The molecule has 5 heteroatoms. The number of halogens is 1. The first kappa shape index (κ1) is 17.6. The van der Waals surface area contributed by atoms with E-state index in [9.17, 15) is 10.2 Å². The van der Waals surface area contributed by atoms with E-state index in [1.54, 1.807) is 18.2 Å². The van der Waals surface area contributed by atoms with E-state index in [1.807, 2.05) is 31.2 Å². The Morgan fingerprint density at radius 1 is 1.17 bits per heavy atom. The van der Waals surface area contributed by atoms with Crippen molar-refractivity contribution in [3.8, 4) is 11.5 Å². The number of benzene rings is 2. The van der Waals surface area contributed by atoms with Crippen LogP contribution in [0.5, 0.6) is 11.5 Å². The predicted octanol–water partition coefficient (Wildman–Crippen LogP) is 3.66. The lowest BCUT2D eigenvalue weighted by molar-refractivity contribution is 0.243. The summed E-state index contributed by atoms with van der Waals surface area (Å²) in [6.07, 6.45) is 0.920. The summed E-state index contributed by atoms with van der Waals surface area (Å²) in [5.74, 6) is 0.836. The highest BCUT2D eigenvalue weighted by Crippen LogP contribution is 2.25. The predicted molar refractivity (Wildman–Crippen MR) is 92.0 cm³/mol. The maximum Gasteiger partial charge on any atom is 0.123 e. The highest BCUT2D eigenvalue weighted by atomic mass is 35.5. The van der Waals surface area contributed by atoms with Gasteiger partial charge in [0.05, 0.1) is 19.3 Å². The van der Waals surface area contributed by atoms with Gasteiger partial charge in [0.25, 0.3) is 0 Å². The lowest BCUT2D eigenvalue weighted by atomic mass is 10.1. The summed E-state index contributed by atoms with van der Waals surface area (Å²) in [6, 6.07) is 12.4. The molecule has 2 aromatic carbocycles. The van der Waals surface area contributed by atoms with Crippen LogP contribution in [0.1, 0.15) is 30.5 Å². The van der Waals surface area contributed by atoms with Crippen molar-refractivity contribution in [3.63, 3.8) is 0 Å². The van der Waals surface area contributed by atoms with Crippen LogP contribution in [0, 0.1) is 0 Å². The normalized spacial score (nSPS) is 12.1. The van der Waals surface area contributed by atoms with Crippen LogP contribution in [0.3, 0.4) is 0 Å². The molecule has 23 heavy (non-hydrogen) atoms. The molecule has 0 amide bonds. The zero-order valence-electron chi connectivity index (χ0n) is 13.1. The summed E-state index contributed by atoms with van der Waals surface area (Å²) in [7, 11) is 0. The van der Waals surface area contributed by atoms with Gasteiger partial charge in [0.2, 0.25) is 0 Å². The highest BCUT2D eigenvalue weighted by Gasteiger charge is 2.11. The molecule has 0 aliphatic carbocycles. The Balaban J connectivity index is 1.99. The Bertz CT molecular complexity index is 616. The van der Waals surface area contributed by atoms with E-state index in [0.717, 1.165) is 17.5 Å². The lowest BCUT2D eigenvalue weighted by Gasteiger charge is -2.17.